The Bertz CT molecular complexity index is 534. The molecule has 0 spiro atoms. The van der Waals surface area contributed by atoms with Gasteiger partial charge in [0.15, 0.2) is 0 Å². The van der Waals surface area contributed by atoms with Crippen LogP contribution in [0.3, 0.4) is 0 Å². The van der Waals surface area contributed by atoms with Crippen molar-refractivity contribution in [2.75, 3.05) is 44.9 Å². The second kappa shape index (κ2) is 10.7. The molecule has 1 unspecified atom stereocenters. The number of anilines is 1. The number of morpholine rings is 1. The van der Waals surface area contributed by atoms with Gasteiger partial charge < -0.3 is 25.0 Å². The van der Waals surface area contributed by atoms with Crippen molar-refractivity contribution in [2.45, 2.75) is 24.9 Å². The lowest BCUT2D eigenvalue weighted by molar-refractivity contribution is -0.126. The molecule has 2 saturated heterocycles. The number of methoxy groups -OCH3 is 1. The number of nitrogens with one attached hydrogen (secondary N) is 2. The molecule has 1 amide bonds. The van der Waals surface area contributed by atoms with E-state index in [0.29, 0.717) is 13.2 Å². The van der Waals surface area contributed by atoms with Crippen molar-refractivity contribution in [1.29, 1.82) is 0 Å². The molecule has 3 rings (SSSR count). The molecular formula is C17H27Cl2N3O3. The Hall–Kier alpha value is -1.21. The summed E-state index contributed by atoms with van der Waals surface area (Å²) in [7, 11) is 1.70. The first-order chi connectivity index (χ1) is 11.3. The Balaban J connectivity index is 0.00000156. The quantitative estimate of drug-likeness (QED) is 0.816. The number of amides is 1. The highest BCUT2D eigenvalue weighted by Gasteiger charge is 2.26. The van der Waals surface area contributed by atoms with Crippen molar-refractivity contribution in [3.63, 3.8) is 0 Å². The van der Waals surface area contributed by atoms with E-state index >= 15 is 0 Å². The van der Waals surface area contributed by atoms with Crippen LogP contribution >= 0.6 is 24.8 Å². The Morgan fingerprint density at radius 2 is 2.00 bits per heavy atom. The van der Waals surface area contributed by atoms with Gasteiger partial charge in [0.2, 0.25) is 5.91 Å². The lowest BCUT2D eigenvalue weighted by atomic mass is 10.0. The highest BCUT2D eigenvalue weighted by Crippen LogP contribution is 2.29. The van der Waals surface area contributed by atoms with Crippen molar-refractivity contribution in [1.82, 2.24) is 10.6 Å². The number of carbonyl (C=O) groups is 1. The first-order valence-corrected chi connectivity index (χ1v) is 8.27. The average Bonchev–Trinajstić information content (AvgIpc) is 2.63. The van der Waals surface area contributed by atoms with Crippen LogP contribution in [0.4, 0.5) is 5.69 Å². The van der Waals surface area contributed by atoms with E-state index in [1.54, 1.807) is 7.11 Å². The number of hydrogen-bond acceptors (Lipinski definition) is 5. The number of benzene rings is 1. The molecule has 0 aromatic heterocycles. The van der Waals surface area contributed by atoms with Gasteiger partial charge in [0, 0.05) is 25.7 Å². The van der Waals surface area contributed by atoms with Crippen LogP contribution < -0.4 is 20.3 Å². The number of ether oxygens (including phenoxy) is 2. The van der Waals surface area contributed by atoms with Gasteiger partial charge in [0.25, 0.3) is 0 Å². The third-order valence-corrected chi connectivity index (χ3v) is 4.51. The maximum atomic E-state index is 12.2. The van der Waals surface area contributed by atoms with Gasteiger partial charge in [-0.25, -0.2) is 0 Å². The largest absolute Gasteiger partial charge is 0.495 e. The summed E-state index contributed by atoms with van der Waals surface area (Å²) in [5.74, 6) is 0.957. The maximum absolute atomic E-state index is 12.2. The summed E-state index contributed by atoms with van der Waals surface area (Å²) in [4.78, 5) is 14.6. The van der Waals surface area contributed by atoms with Crippen molar-refractivity contribution < 1.29 is 14.3 Å². The minimum Gasteiger partial charge on any atom is -0.495 e. The van der Waals surface area contributed by atoms with Gasteiger partial charge in [-0.1, -0.05) is 12.1 Å². The molecule has 0 saturated carbocycles. The molecule has 2 fully saturated rings. The van der Waals surface area contributed by atoms with Gasteiger partial charge in [-0.15, -0.1) is 24.8 Å². The number of para-hydroxylation sites is 2. The van der Waals surface area contributed by atoms with Gasteiger partial charge in [0.1, 0.15) is 11.8 Å². The summed E-state index contributed by atoms with van der Waals surface area (Å²) in [6.45, 7) is 3.72. The van der Waals surface area contributed by atoms with Gasteiger partial charge in [-0.3, -0.25) is 4.79 Å². The fourth-order valence-electron chi connectivity index (χ4n) is 3.19. The first kappa shape index (κ1) is 21.8. The smallest absolute Gasteiger partial charge is 0.239 e. The minimum atomic E-state index is -0.212. The fraction of sp³-hybridized carbons (Fsp3) is 0.588. The van der Waals surface area contributed by atoms with E-state index in [1.165, 1.54) is 0 Å². The van der Waals surface area contributed by atoms with Gasteiger partial charge in [0.05, 0.1) is 26.0 Å². The zero-order chi connectivity index (χ0) is 16.1. The fourth-order valence-corrected chi connectivity index (χ4v) is 3.19. The van der Waals surface area contributed by atoms with E-state index < -0.39 is 0 Å². The van der Waals surface area contributed by atoms with Crippen LogP contribution in [0.2, 0.25) is 0 Å². The third kappa shape index (κ3) is 5.64. The van der Waals surface area contributed by atoms with Crippen LogP contribution in [0, 0.1) is 0 Å². The molecule has 2 N–H and O–H groups in total. The Kier molecular flexibility index (Phi) is 9.35. The Morgan fingerprint density at radius 3 is 2.64 bits per heavy atom. The predicted molar refractivity (Wildman–Crippen MR) is 103 cm³/mol. The molecule has 1 atom stereocenters. The molecule has 0 aliphatic carbocycles. The van der Waals surface area contributed by atoms with Crippen molar-refractivity contribution in [3.05, 3.63) is 24.3 Å². The standard InChI is InChI=1S/C17H25N3O3.2ClH/c1-22-16-5-3-2-4-15(16)20-9-6-13(7-10-20)19-17(21)14-12-23-11-8-18-14;;/h2-5,13-14,18H,6-12H2,1H3,(H,19,21);2*1H. The molecule has 1 aromatic rings. The summed E-state index contributed by atoms with van der Waals surface area (Å²) < 4.78 is 10.8. The second-order valence-corrected chi connectivity index (χ2v) is 6.02. The third-order valence-electron chi connectivity index (χ3n) is 4.51. The topological polar surface area (TPSA) is 62.8 Å². The molecule has 1 aromatic carbocycles. The summed E-state index contributed by atoms with van der Waals surface area (Å²) in [6.07, 6.45) is 1.88. The van der Waals surface area contributed by atoms with E-state index in [-0.39, 0.29) is 42.8 Å². The number of piperidine rings is 1. The summed E-state index contributed by atoms with van der Waals surface area (Å²) >= 11 is 0. The predicted octanol–water partition coefficient (Wildman–Crippen LogP) is 1.61. The maximum Gasteiger partial charge on any atom is 0.239 e. The summed E-state index contributed by atoms with van der Waals surface area (Å²) in [6, 6.07) is 8.10. The van der Waals surface area contributed by atoms with E-state index in [9.17, 15) is 4.79 Å². The van der Waals surface area contributed by atoms with Crippen LogP contribution in [-0.4, -0.2) is 57.9 Å². The average molecular weight is 392 g/mol. The number of hydrogen-bond donors (Lipinski definition) is 2. The van der Waals surface area contributed by atoms with Gasteiger partial charge in [-0.05, 0) is 25.0 Å². The molecule has 6 nitrogen and oxygen atoms in total. The van der Waals surface area contributed by atoms with Crippen LogP contribution in [0.25, 0.3) is 0 Å². The van der Waals surface area contributed by atoms with Crippen LogP contribution in [-0.2, 0) is 9.53 Å². The monoisotopic (exact) mass is 391 g/mol. The van der Waals surface area contributed by atoms with Crippen LogP contribution in [0.15, 0.2) is 24.3 Å². The summed E-state index contributed by atoms with van der Waals surface area (Å²) in [5, 5.41) is 6.34. The molecule has 142 valence electrons. The van der Waals surface area contributed by atoms with Crippen LogP contribution in [0.5, 0.6) is 5.75 Å². The van der Waals surface area contributed by atoms with Gasteiger partial charge >= 0.3 is 0 Å². The lowest BCUT2D eigenvalue weighted by Crippen LogP contribution is -2.55. The lowest BCUT2D eigenvalue weighted by Gasteiger charge is -2.35. The molecule has 8 heteroatoms. The van der Waals surface area contributed by atoms with E-state index in [4.69, 9.17) is 9.47 Å². The second-order valence-electron chi connectivity index (χ2n) is 6.02. The van der Waals surface area contributed by atoms with Crippen LogP contribution in [0.1, 0.15) is 12.8 Å². The molecule has 0 bridgehead atoms. The first-order valence-electron chi connectivity index (χ1n) is 8.27. The van der Waals surface area contributed by atoms with Crippen molar-refractivity contribution in [3.8, 4) is 5.75 Å². The van der Waals surface area contributed by atoms with E-state index in [2.05, 4.69) is 21.6 Å². The zero-order valence-corrected chi connectivity index (χ0v) is 16.0. The van der Waals surface area contributed by atoms with Crippen molar-refractivity contribution in [2.24, 2.45) is 0 Å². The normalized spacial score (nSPS) is 20.8. The molecule has 25 heavy (non-hydrogen) atoms. The number of halogens is 2. The highest BCUT2D eigenvalue weighted by molar-refractivity contribution is 5.85. The number of rotatable bonds is 4. The van der Waals surface area contributed by atoms with Crippen molar-refractivity contribution >= 4 is 36.4 Å². The van der Waals surface area contributed by atoms with E-state index in [0.717, 1.165) is 43.9 Å². The number of nitrogens with zero attached hydrogens (tertiary/aromatic N) is 1. The molecule has 0 radical (unpaired) electrons. The SMILES string of the molecule is COc1ccccc1N1CCC(NC(=O)C2COCCN2)CC1.Cl.Cl. The minimum absolute atomic E-state index is 0. The molecular weight excluding hydrogens is 365 g/mol. The molecule has 2 heterocycles. The Morgan fingerprint density at radius 1 is 1.28 bits per heavy atom. The molecule has 2 aliphatic rings. The van der Waals surface area contributed by atoms with Gasteiger partial charge in [-0.2, -0.15) is 0 Å². The highest BCUT2D eigenvalue weighted by atomic mass is 35.5. The Labute approximate surface area is 161 Å². The number of carbonyl (C=O) groups excluding carboxylic acids is 1. The van der Waals surface area contributed by atoms with E-state index in [1.807, 2.05) is 18.2 Å². The zero-order valence-electron chi connectivity index (χ0n) is 14.4. The molecule has 2 aliphatic heterocycles. The summed E-state index contributed by atoms with van der Waals surface area (Å²) in [5.41, 5.74) is 1.13.